The SMILES string of the molecule is COc1ccccc1NC(=O)C(C)N1C(=O)C(=O)c2c1cc(OC)c(OC)c2OC. The van der Waals surface area contributed by atoms with Crippen LogP contribution in [-0.4, -0.2) is 52.1 Å². The van der Waals surface area contributed by atoms with E-state index in [2.05, 4.69) is 5.32 Å². The summed E-state index contributed by atoms with van der Waals surface area (Å²) in [6.45, 7) is 1.52. The molecule has 0 fully saturated rings. The quantitative estimate of drug-likeness (QED) is 0.693. The van der Waals surface area contributed by atoms with Crippen LogP contribution < -0.4 is 29.2 Å². The Morgan fingerprint density at radius 3 is 2.17 bits per heavy atom. The number of carbonyl (C=O) groups is 3. The number of para-hydroxylation sites is 2. The van der Waals surface area contributed by atoms with Gasteiger partial charge in [-0.1, -0.05) is 12.1 Å². The summed E-state index contributed by atoms with van der Waals surface area (Å²) in [5.41, 5.74) is 0.680. The molecule has 0 saturated heterocycles. The summed E-state index contributed by atoms with van der Waals surface area (Å²) < 4.78 is 21.2. The van der Waals surface area contributed by atoms with Gasteiger partial charge in [-0.05, 0) is 19.1 Å². The molecule has 0 radical (unpaired) electrons. The Bertz CT molecular complexity index is 1020. The van der Waals surface area contributed by atoms with E-state index in [1.165, 1.54) is 41.4 Å². The smallest absolute Gasteiger partial charge is 0.300 e. The van der Waals surface area contributed by atoms with Crippen molar-refractivity contribution in [3.05, 3.63) is 35.9 Å². The van der Waals surface area contributed by atoms with Crippen LogP contribution in [0.15, 0.2) is 30.3 Å². The molecule has 0 aliphatic carbocycles. The molecule has 0 bridgehead atoms. The van der Waals surface area contributed by atoms with E-state index in [0.717, 1.165) is 4.90 Å². The molecule has 1 aliphatic rings. The summed E-state index contributed by atoms with van der Waals surface area (Å²) in [4.78, 5) is 39.5. The van der Waals surface area contributed by atoms with Crippen molar-refractivity contribution in [1.82, 2.24) is 0 Å². The highest BCUT2D eigenvalue weighted by Crippen LogP contribution is 2.48. The molecule has 1 atom stereocenters. The summed E-state index contributed by atoms with van der Waals surface area (Å²) >= 11 is 0. The van der Waals surface area contributed by atoms with Gasteiger partial charge in [-0.25, -0.2) is 0 Å². The molecule has 9 nitrogen and oxygen atoms in total. The van der Waals surface area contributed by atoms with E-state index in [0.29, 0.717) is 11.4 Å². The molecule has 30 heavy (non-hydrogen) atoms. The fourth-order valence-electron chi connectivity index (χ4n) is 3.37. The Kier molecular flexibility index (Phi) is 5.81. The summed E-state index contributed by atoms with van der Waals surface area (Å²) in [5, 5.41) is 2.73. The second-order valence-corrected chi connectivity index (χ2v) is 6.41. The number of hydrogen-bond donors (Lipinski definition) is 1. The van der Waals surface area contributed by atoms with Gasteiger partial charge >= 0.3 is 0 Å². The molecular weight excluding hydrogens is 392 g/mol. The largest absolute Gasteiger partial charge is 0.495 e. The van der Waals surface area contributed by atoms with Gasteiger partial charge in [-0.15, -0.1) is 0 Å². The summed E-state index contributed by atoms with van der Waals surface area (Å²) in [6.07, 6.45) is 0. The minimum atomic E-state index is -1.00. The van der Waals surface area contributed by atoms with E-state index in [1.807, 2.05) is 0 Å². The van der Waals surface area contributed by atoms with Crippen molar-refractivity contribution in [3.8, 4) is 23.0 Å². The van der Waals surface area contributed by atoms with E-state index >= 15 is 0 Å². The molecule has 1 unspecified atom stereocenters. The van der Waals surface area contributed by atoms with Gasteiger partial charge in [0.05, 0.1) is 45.4 Å². The van der Waals surface area contributed by atoms with Crippen LogP contribution in [0.2, 0.25) is 0 Å². The number of nitrogens with one attached hydrogen (secondary N) is 1. The highest BCUT2D eigenvalue weighted by Gasteiger charge is 2.44. The highest BCUT2D eigenvalue weighted by atomic mass is 16.5. The number of rotatable bonds is 7. The predicted octanol–water partition coefficient (Wildman–Crippen LogP) is 2.28. The molecule has 2 aromatic rings. The van der Waals surface area contributed by atoms with E-state index < -0.39 is 23.6 Å². The van der Waals surface area contributed by atoms with Crippen LogP contribution in [0.25, 0.3) is 0 Å². The number of Topliss-reactive ketones (excluding diaryl/α,β-unsaturated/α-hetero) is 1. The maximum absolute atomic E-state index is 12.9. The fraction of sp³-hybridized carbons (Fsp3) is 0.286. The zero-order valence-corrected chi connectivity index (χ0v) is 17.3. The number of benzene rings is 2. The third-order valence-electron chi connectivity index (χ3n) is 4.84. The lowest BCUT2D eigenvalue weighted by molar-refractivity contribution is -0.120. The number of carbonyl (C=O) groups excluding carboxylic acids is 3. The molecule has 0 saturated carbocycles. The Hall–Kier alpha value is -3.75. The lowest BCUT2D eigenvalue weighted by Crippen LogP contribution is -2.45. The zero-order valence-electron chi connectivity index (χ0n) is 17.3. The number of ketones is 1. The second kappa shape index (κ2) is 8.32. The number of fused-ring (bicyclic) bond motifs is 1. The topological polar surface area (TPSA) is 103 Å². The zero-order chi connectivity index (χ0) is 22.0. The van der Waals surface area contributed by atoms with Crippen LogP contribution in [0, 0.1) is 0 Å². The molecule has 9 heteroatoms. The standard InChI is InChI=1S/C21H22N2O7/c1-11(20(25)22-12-8-6-7-9-14(12)27-2)23-13-10-15(28-3)18(29-4)19(30-5)16(13)17(24)21(23)26/h6-11H,1-5H3,(H,22,25). The van der Waals surface area contributed by atoms with Crippen LogP contribution in [0.1, 0.15) is 17.3 Å². The van der Waals surface area contributed by atoms with Crippen molar-refractivity contribution in [2.75, 3.05) is 38.7 Å². The maximum atomic E-state index is 12.9. The molecule has 1 N–H and O–H groups in total. The van der Waals surface area contributed by atoms with Crippen molar-refractivity contribution in [2.24, 2.45) is 0 Å². The Labute approximate surface area is 173 Å². The number of anilines is 2. The Balaban J connectivity index is 2.03. The average Bonchev–Trinajstić information content (AvgIpc) is 3.01. The van der Waals surface area contributed by atoms with Crippen LogP contribution in [-0.2, 0) is 9.59 Å². The van der Waals surface area contributed by atoms with Gasteiger partial charge in [0.2, 0.25) is 11.7 Å². The minimum Gasteiger partial charge on any atom is -0.495 e. The van der Waals surface area contributed by atoms with Gasteiger partial charge in [0.25, 0.3) is 11.7 Å². The van der Waals surface area contributed by atoms with Gasteiger partial charge in [0.15, 0.2) is 11.5 Å². The van der Waals surface area contributed by atoms with E-state index in [4.69, 9.17) is 18.9 Å². The Morgan fingerprint density at radius 2 is 1.57 bits per heavy atom. The van der Waals surface area contributed by atoms with Crippen LogP contribution in [0.4, 0.5) is 11.4 Å². The van der Waals surface area contributed by atoms with Gasteiger partial charge in [-0.3, -0.25) is 19.3 Å². The molecule has 3 rings (SSSR count). The van der Waals surface area contributed by atoms with Crippen LogP contribution in [0.5, 0.6) is 23.0 Å². The number of methoxy groups -OCH3 is 4. The average molecular weight is 414 g/mol. The maximum Gasteiger partial charge on any atom is 0.300 e. The monoisotopic (exact) mass is 414 g/mol. The number of ether oxygens (including phenoxy) is 4. The lowest BCUT2D eigenvalue weighted by atomic mass is 10.1. The first-order chi connectivity index (χ1) is 14.4. The molecule has 0 spiro atoms. The predicted molar refractivity (Wildman–Crippen MR) is 109 cm³/mol. The second-order valence-electron chi connectivity index (χ2n) is 6.41. The van der Waals surface area contributed by atoms with Gasteiger partial charge in [0, 0.05) is 6.07 Å². The van der Waals surface area contributed by atoms with Crippen molar-refractivity contribution < 1.29 is 33.3 Å². The summed E-state index contributed by atoms with van der Waals surface area (Å²) in [5.74, 6) is -1.14. The number of nitrogens with zero attached hydrogens (tertiary/aromatic N) is 1. The lowest BCUT2D eigenvalue weighted by Gasteiger charge is -2.25. The first kappa shape index (κ1) is 21.0. The Morgan fingerprint density at radius 1 is 0.933 bits per heavy atom. The van der Waals surface area contributed by atoms with E-state index in [-0.39, 0.29) is 28.5 Å². The van der Waals surface area contributed by atoms with Crippen LogP contribution >= 0.6 is 0 Å². The molecule has 0 aromatic heterocycles. The van der Waals surface area contributed by atoms with Crippen molar-refractivity contribution >= 4 is 29.0 Å². The van der Waals surface area contributed by atoms with Crippen molar-refractivity contribution in [2.45, 2.75) is 13.0 Å². The third kappa shape index (κ3) is 3.28. The minimum absolute atomic E-state index is 0.0251. The molecule has 2 aromatic carbocycles. The van der Waals surface area contributed by atoms with Gasteiger partial charge in [-0.2, -0.15) is 0 Å². The van der Waals surface area contributed by atoms with Gasteiger partial charge in [0.1, 0.15) is 11.8 Å². The van der Waals surface area contributed by atoms with E-state index in [1.54, 1.807) is 24.3 Å². The molecule has 2 amide bonds. The normalized spacial score (nSPS) is 13.6. The number of amides is 2. The molecule has 1 aliphatic heterocycles. The summed E-state index contributed by atoms with van der Waals surface area (Å²) in [7, 11) is 5.66. The first-order valence-electron chi connectivity index (χ1n) is 9.04. The van der Waals surface area contributed by atoms with Crippen molar-refractivity contribution in [3.63, 3.8) is 0 Å². The number of hydrogen-bond acceptors (Lipinski definition) is 7. The molecular formula is C21H22N2O7. The van der Waals surface area contributed by atoms with E-state index in [9.17, 15) is 14.4 Å². The highest BCUT2D eigenvalue weighted by molar-refractivity contribution is 6.53. The third-order valence-corrected chi connectivity index (χ3v) is 4.84. The molecule has 1 heterocycles. The van der Waals surface area contributed by atoms with Crippen molar-refractivity contribution in [1.29, 1.82) is 0 Å². The first-order valence-corrected chi connectivity index (χ1v) is 9.04. The van der Waals surface area contributed by atoms with Crippen LogP contribution in [0.3, 0.4) is 0 Å². The molecule has 158 valence electrons. The summed E-state index contributed by atoms with van der Waals surface area (Å²) in [6, 6.07) is 7.35. The van der Waals surface area contributed by atoms with Gasteiger partial charge < -0.3 is 24.3 Å². The fourth-order valence-corrected chi connectivity index (χ4v) is 3.37.